The number of rotatable bonds is 15. The molecule has 0 radical (unpaired) electrons. The monoisotopic (exact) mass is 1130 g/mol. The largest absolute Gasteiger partial charge is 0.507 e. The van der Waals surface area contributed by atoms with E-state index in [1.165, 1.54) is 12.1 Å². The Labute approximate surface area is 478 Å². The zero-order valence-corrected chi connectivity index (χ0v) is 48.0. The van der Waals surface area contributed by atoms with Crippen LogP contribution in [0.1, 0.15) is 94.6 Å². The minimum atomic E-state index is -0.579. The molecule has 0 bridgehead atoms. The van der Waals surface area contributed by atoms with E-state index in [9.17, 15) is 25.4 Å². The summed E-state index contributed by atoms with van der Waals surface area (Å²) in [5.41, 5.74) is 13.3. The van der Waals surface area contributed by atoms with Gasteiger partial charge in [0.2, 0.25) is 0 Å². The average Bonchev–Trinajstić information content (AvgIpc) is 3.55. The molecule has 18 nitrogen and oxygen atoms in total. The normalized spacial score (nSPS) is 10.4. The van der Waals surface area contributed by atoms with Gasteiger partial charge in [0.1, 0.15) is 23.0 Å². The number of fused-ring (bicyclic) bond motifs is 2. The predicted molar refractivity (Wildman–Crippen MR) is 315 cm³/mol. The SMILES string of the molecule is COc1cc(C)c(OC)c(CO)c1.COc1ccc(CO)cc1CO.Cc1cc(C)c(CO)c(C)c1CO.Cc1cc(CO)c(C)c(CO)c1O.O=[N+]([O-])c1cc(CO)ccc1CO.OCc1ccc(CO)c2cc3ccccc3cc12. The highest BCUT2D eigenvalue weighted by molar-refractivity contribution is 6.01. The highest BCUT2D eigenvalue weighted by Gasteiger charge is 2.15. The van der Waals surface area contributed by atoms with E-state index in [1.807, 2.05) is 64.1 Å². The number of phenols is 1. The number of nitrogens with zero attached hydrogens (tertiary/aromatic N) is 1. The molecule has 0 fully saturated rings. The van der Waals surface area contributed by atoms with Gasteiger partial charge < -0.3 is 75.5 Å². The molecule has 8 aromatic rings. The second-order valence-corrected chi connectivity index (χ2v) is 18.8. The number of nitro benzene ring substituents is 1. The Balaban J connectivity index is 0.000000260. The van der Waals surface area contributed by atoms with Gasteiger partial charge in [-0.3, -0.25) is 10.1 Å². The Morgan fingerprint density at radius 1 is 0.402 bits per heavy atom. The lowest BCUT2D eigenvalue weighted by atomic mass is 9.94. The molecular weight excluding hydrogens is 1050 g/mol. The molecule has 0 aliphatic carbocycles. The van der Waals surface area contributed by atoms with Gasteiger partial charge in [-0.05, 0) is 184 Å². The number of aliphatic hydroxyl groups excluding tert-OH is 11. The number of hydrogen-bond donors (Lipinski definition) is 12. The molecule has 0 aliphatic heterocycles. The van der Waals surface area contributed by atoms with Crippen molar-refractivity contribution in [1.29, 1.82) is 0 Å². The Kier molecular flexibility index (Phi) is 29.0. The van der Waals surface area contributed by atoms with E-state index in [0.29, 0.717) is 28.0 Å². The van der Waals surface area contributed by atoms with Crippen molar-refractivity contribution < 1.29 is 80.4 Å². The van der Waals surface area contributed by atoms with Crippen LogP contribution in [0.4, 0.5) is 5.69 Å². The molecule has 18 heteroatoms. The minimum Gasteiger partial charge on any atom is -0.507 e. The van der Waals surface area contributed by atoms with Gasteiger partial charge >= 0.3 is 0 Å². The Morgan fingerprint density at radius 2 is 0.878 bits per heavy atom. The topological polar surface area (TPSA) is 314 Å². The number of methoxy groups -OCH3 is 3. The summed E-state index contributed by atoms with van der Waals surface area (Å²) in [7, 11) is 4.74. The first kappa shape index (κ1) is 68.7. The molecule has 0 saturated heterocycles. The van der Waals surface area contributed by atoms with Gasteiger partial charge in [0.25, 0.3) is 5.69 Å². The molecular formula is C64H79NO17. The smallest absolute Gasteiger partial charge is 0.275 e. The van der Waals surface area contributed by atoms with Gasteiger partial charge in [0, 0.05) is 22.8 Å². The van der Waals surface area contributed by atoms with Crippen LogP contribution in [0.25, 0.3) is 21.5 Å². The Morgan fingerprint density at radius 3 is 1.30 bits per heavy atom. The van der Waals surface area contributed by atoms with Crippen molar-refractivity contribution in [2.45, 2.75) is 114 Å². The summed E-state index contributed by atoms with van der Waals surface area (Å²) >= 11 is 0. The standard InChI is InChI=1S/C16H14O2.C11H16O2.2C10H14O3.C9H12O3.C8H9NO4/c17-9-13-5-6-14(10-18)16-8-12-4-2-1-3-11(12)7-15(13)16;1-7-4-8(2)11(6-13)9(3)10(7)5-12;1-7-4-9(12-2)5-8(6-11)10(7)13-3;1-6-3-8(4-11)7(2)9(5-12)10(6)13;1-12-9-3-2-7(5-10)4-8(9)6-11;10-4-6-1-2-7(5-11)8(3-6)9(12)13/h1-8,17-18H,9-10H2;4,12-13H,5-6H2,1-3H3;4-5,11H,6H2,1-3H3;3,11-13H,4-5H2,1-2H3;2-4,10-11H,5-6H2,1H3;1-3,10-11H,4-5H2. The van der Waals surface area contributed by atoms with E-state index >= 15 is 0 Å². The maximum absolute atomic E-state index is 10.5. The Hall–Kier alpha value is -7.56. The van der Waals surface area contributed by atoms with E-state index < -0.39 is 4.92 Å². The predicted octanol–water partition coefficient (Wildman–Crippen LogP) is 8.33. The van der Waals surface area contributed by atoms with Crippen LogP contribution in [0.2, 0.25) is 0 Å². The van der Waals surface area contributed by atoms with Crippen LogP contribution in [0.3, 0.4) is 0 Å². The summed E-state index contributed by atoms with van der Waals surface area (Å²) < 4.78 is 15.2. The third kappa shape index (κ3) is 18.2. The first-order valence-corrected chi connectivity index (χ1v) is 25.9. The summed E-state index contributed by atoms with van der Waals surface area (Å²) in [5.74, 6) is 2.23. The molecule has 82 heavy (non-hydrogen) atoms. The lowest BCUT2D eigenvalue weighted by Gasteiger charge is -2.14. The number of aliphatic hydroxyl groups is 11. The zero-order chi connectivity index (χ0) is 61.2. The molecule has 442 valence electrons. The fraction of sp³-hybridized carbons (Fsp3) is 0.312. The maximum Gasteiger partial charge on any atom is 0.275 e. The van der Waals surface area contributed by atoms with Crippen molar-refractivity contribution in [3.05, 3.63) is 214 Å². The fourth-order valence-corrected chi connectivity index (χ4v) is 9.00. The molecule has 0 atom stereocenters. The summed E-state index contributed by atoms with van der Waals surface area (Å²) in [6, 6.07) is 32.9. The number of hydrogen-bond acceptors (Lipinski definition) is 17. The van der Waals surface area contributed by atoms with E-state index in [-0.39, 0.29) is 89.7 Å². The number of nitro groups is 1. The first-order chi connectivity index (χ1) is 39.3. The third-order valence-corrected chi connectivity index (χ3v) is 13.7. The van der Waals surface area contributed by atoms with Crippen molar-refractivity contribution in [3.63, 3.8) is 0 Å². The van der Waals surface area contributed by atoms with Crippen LogP contribution in [-0.4, -0.2) is 87.5 Å². The van der Waals surface area contributed by atoms with Crippen molar-refractivity contribution in [3.8, 4) is 23.0 Å². The van der Waals surface area contributed by atoms with Crippen LogP contribution < -0.4 is 14.2 Å². The van der Waals surface area contributed by atoms with Gasteiger partial charge in [-0.25, -0.2) is 0 Å². The van der Waals surface area contributed by atoms with E-state index in [4.69, 9.17) is 60.2 Å². The van der Waals surface area contributed by atoms with Crippen molar-refractivity contribution in [2.75, 3.05) is 21.3 Å². The van der Waals surface area contributed by atoms with Gasteiger partial charge in [0.15, 0.2) is 0 Å². The average molecular weight is 1130 g/mol. The lowest BCUT2D eigenvalue weighted by Crippen LogP contribution is -2.01. The second kappa shape index (κ2) is 34.7. The summed E-state index contributed by atoms with van der Waals surface area (Å²) in [6.07, 6.45) is 0. The molecule has 0 aromatic heterocycles. The molecule has 0 unspecified atom stereocenters. The van der Waals surface area contributed by atoms with Crippen molar-refractivity contribution in [1.82, 2.24) is 0 Å². The maximum atomic E-state index is 10.5. The van der Waals surface area contributed by atoms with Gasteiger partial charge in [-0.15, -0.1) is 0 Å². The lowest BCUT2D eigenvalue weighted by molar-refractivity contribution is -0.385. The van der Waals surface area contributed by atoms with E-state index in [1.54, 1.807) is 71.6 Å². The van der Waals surface area contributed by atoms with Crippen LogP contribution in [0.15, 0.2) is 109 Å². The molecule has 12 N–H and O–H groups in total. The molecule has 8 rings (SSSR count). The number of ether oxygens (including phenoxy) is 3. The van der Waals surface area contributed by atoms with Crippen LogP contribution in [-0.2, 0) is 72.7 Å². The number of benzene rings is 8. The van der Waals surface area contributed by atoms with Gasteiger partial charge in [-0.2, -0.15) is 0 Å². The molecule has 0 heterocycles. The van der Waals surface area contributed by atoms with Crippen LogP contribution in [0.5, 0.6) is 23.0 Å². The zero-order valence-electron chi connectivity index (χ0n) is 48.0. The molecule has 8 aromatic carbocycles. The van der Waals surface area contributed by atoms with E-state index in [0.717, 1.165) is 99.8 Å². The van der Waals surface area contributed by atoms with Crippen molar-refractivity contribution >= 4 is 27.2 Å². The number of aryl methyl sites for hydroxylation is 4. The summed E-state index contributed by atoms with van der Waals surface area (Å²) in [5, 5.41) is 124. The summed E-state index contributed by atoms with van der Waals surface area (Å²) in [4.78, 5) is 9.88. The highest BCUT2D eigenvalue weighted by Crippen LogP contribution is 2.31. The van der Waals surface area contributed by atoms with Gasteiger partial charge in [0.05, 0.1) is 104 Å². The Bertz CT molecular complexity index is 3250. The van der Waals surface area contributed by atoms with E-state index in [2.05, 4.69) is 24.3 Å². The highest BCUT2D eigenvalue weighted by atomic mass is 16.6. The second-order valence-electron chi connectivity index (χ2n) is 18.8. The molecule has 0 aliphatic rings. The van der Waals surface area contributed by atoms with Crippen LogP contribution in [0, 0.1) is 51.7 Å². The quantitative estimate of drug-likeness (QED) is 0.0261. The van der Waals surface area contributed by atoms with Crippen LogP contribution >= 0.6 is 0 Å². The number of aromatic hydroxyl groups is 1. The van der Waals surface area contributed by atoms with Gasteiger partial charge in [-0.1, -0.05) is 54.6 Å². The van der Waals surface area contributed by atoms with Crippen molar-refractivity contribution in [2.24, 2.45) is 0 Å². The third-order valence-electron chi connectivity index (χ3n) is 13.7. The molecule has 0 saturated carbocycles. The molecule has 0 spiro atoms. The first-order valence-electron chi connectivity index (χ1n) is 25.9. The molecule has 0 amide bonds. The summed E-state index contributed by atoms with van der Waals surface area (Å²) in [6.45, 7) is 10.4. The fourth-order valence-electron chi connectivity index (χ4n) is 9.00. The minimum absolute atomic E-state index is 0.0144.